The van der Waals surface area contributed by atoms with Gasteiger partial charge in [-0.1, -0.05) is 25.5 Å². The molecular weight excluding hydrogens is 344 g/mol. The van der Waals surface area contributed by atoms with Crippen molar-refractivity contribution in [3.05, 3.63) is 34.2 Å². The van der Waals surface area contributed by atoms with Crippen LogP contribution >= 0.6 is 0 Å². The minimum absolute atomic E-state index is 0.207. The van der Waals surface area contributed by atoms with Gasteiger partial charge in [0, 0.05) is 33.1 Å². The molecule has 0 spiro atoms. The number of imidazole rings is 1. The van der Waals surface area contributed by atoms with Crippen LogP contribution in [-0.2, 0) is 23.1 Å². The molecule has 4 rings (SSSR count). The lowest BCUT2D eigenvalue weighted by molar-refractivity contribution is -0.135. The molecule has 2 aliphatic rings. The molecule has 0 bridgehead atoms. The fourth-order valence-electron chi connectivity index (χ4n) is 4.35. The average molecular weight is 370 g/mol. The maximum absolute atomic E-state index is 12.9. The number of aryl methyl sites for hydroxylation is 1. The molecular formula is C20H26N4O3. The van der Waals surface area contributed by atoms with Crippen molar-refractivity contribution in [2.45, 2.75) is 38.6 Å². The molecule has 0 aliphatic carbocycles. The first-order valence-corrected chi connectivity index (χ1v) is 9.74. The third kappa shape index (κ3) is 3.10. The molecule has 27 heavy (non-hydrogen) atoms. The van der Waals surface area contributed by atoms with E-state index in [2.05, 4.69) is 23.2 Å². The molecule has 2 fully saturated rings. The topological polar surface area (TPSA) is 76.3 Å². The Balaban J connectivity index is 1.65. The molecule has 2 saturated heterocycles. The lowest BCUT2D eigenvalue weighted by atomic mass is 9.96. The van der Waals surface area contributed by atoms with E-state index in [1.165, 1.54) is 6.42 Å². The van der Waals surface area contributed by atoms with Gasteiger partial charge in [0.1, 0.15) is 6.04 Å². The third-order valence-electron chi connectivity index (χ3n) is 6.02. The zero-order chi connectivity index (χ0) is 19.1. The molecule has 0 radical (unpaired) electrons. The van der Waals surface area contributed by atoms with E-state index in [1.54, 1.807) is 16.2 Å². The molecule has 2 amide bonds. The Hall–Kier alpha value is -2.41. The zero-order valence-corrected chi connectivity index (χ0v) is 15.9. The van der Waals surface area contributed by atoms with Gasteiger partial charge in [-0.3, -0.25) is 24.0 Å². The second-order valence-electron chi connectivity index (χ2n) is 7.75. The van der Waals surface area contributed by atoms with Crippen LogP contribution in [0.25, 0.3) is 11.0 Å². The Morgan fingerprint density at radius 1 is 1.19 bits per heavy atom. The Morgan fingerprint density at radius 2 is 1.96 bits per heavy atom. The summed E-state index contributed by atoms with van der Waals surface area (Å²) in [4.78, 5) is 39.1. The summed E-state index contributed by atoms with van der Waals surface area (Å²) in [5, 5.41) is 2.36. The number of fused-ring (bicyclic) bond motifs is 1. The van der Waals surface area contributed by atoms with Crippen LogP contribution in [-0.4, -0.2) is 45.5 Å². The summed E-state index contributed by atoms with van der Waals surface area (Å²) in [6.45, 7) is 5.52. The Labute approximate surface area is 157 Å². The lowest BCUT2D eigenvalue weighted by Crippen LogP contribution is -2.47. The van der Waals surface area contributed by atoms with Gasteiger partial charge in [-0.2, -0.15) is 0 Å². The summed E-state index contributed by atoms with van der Waals surface area (Å²) < 4.78 is 3.19. The number of para-hydroxylation sites is 1. The second-order valence-corrected chi connectivity index (χ2v) is 7.75. The number of nitrogens with one attached hydrogen (secondary N) is 1. The lowest BCUT2D eigenvalue weighted by Gasteiger charge is -2.38. The third-order valence-corrected chi connectivity index (χ3v) is 6.02. The molecule has 144 valence electrons. The van der Waals surface area contributed by atoms with Crippen LogP contribution in [0.2, 0.25) is 0 Å². The van der Waals surface area contributed by atoms with E-state index >= 15 is 0 Å². The van der Waals surface area contributed by atoms with E-state index in [0.29, 0.717) is 6.42 Å². The van der Waals surface area contributed by atoms with Gasteiger partial charge in [0.25, 0.3) is 0 Å². The van der Waals surface area contributed by atoms with Gasteiger partial charge in [0.15, 0.2) is 0 Å². The van der Waals surface area contributed by atoms with Crippen LogP contribution in [0.3, 0.4) is 0 Å². The summed E-state index contributed by atoms with van der Waals surface area (Å²) in [7, 11) is 1.76. The highest BCUT2D eigenvalue weighted by Crippen LogP contribution is 2.26. The van der Waals surface area contributed by atoms with Crippen molar-refractivity contribution in [1.29, 1.82) is 0 Å². The number of benzene rings is 1. The maximum Gasteiger partial charge on any atom is 0.329 e. The fourth-order valence-corrected chi connectivity index (χ4v) is 4.35. The first-order valence-electron chi connectivity index (χ1n) is 9.74. The van der Waals surface area contributed by atoms with Crippen LogP contribution in [0.15, 0.2) is 23.0 Å². The van der Waals surface area contributed by atoms with Crippen LogP contribution < -0.4 is 11.0 Å². The van der Waals surface area contributed by atoms with Crippen LogP contribution in [0.5, 0.6) is 0 Å². The van der Waals surface area contributed by atoms with Crippen molar-refractivity contribution >= 4 is 22.8 Å². The molecule has 1 N–H and O–H groups in total. The van der Waals surface area contributed by atoms with Gasteiger partial charge in [-0.05, 0) is 30.4 Å². The molecule has 7 heteroatoms. The normalized spacial score (nSPS) is 21.5. The molecule has 1 aromatic carbocycles. The second kappa shape index (κ2) is 6.96. The average Bonchev–Trinajstić information content (AvgIpc) is 2.86. The number of carbonyl (C=O) groups excluding carboxylic acids is 2. The van der Waals surface area contributed by atoms with Crippen molar-refractivity contribution in [3.63, 3.8) is 0 Å². The van der Waals surface area contributed by atoms with Crippen molar-refractivity contribution in [2.75, 3.05) is 19.6 Å². The minimum atomic E-state index is -0.630. The smallest absolute Gasteiger partial charge is 0.302 e. The predicted octanol–water partition coefficient (Wildman–Crippen LogP) is 1.20. The summed E-state index contributed by atoms with van der Waals surface area (Å²) in [5.41, 5.74) is 2.57. The fraction of sp³-hybridized carbons (Fsp3) is 0.550. The van der Waals surface area contributed by atoms with Crippen LogP contribution in [0.4, 0.5) is 0 Å². The molecule has 1 aromatic heterocycles. The van der Waals surface area contributed by atoms with E-state index in [1.807, 2.05) is 12.1 Å². The standard InChI is InChI=1S/C20H26N4O3/c1-3-13-11-23(12-13)10-9-14-5-4-6-15-18(14)22(2)20(27)24(15)16-7-8-17(25)21-19(16)26/h4-6,13,16H,3,7-12H2,1-2H3,(H,21,25,26). The first-order chi connectivity index (χ1) is 13.0. The summed E-state index contributed by atoms with van der Waals surface area (Å²) in [5.74, 6) is 0.154. The van der Waals surface area contributed by atoms with Gasteiger partial charge < -0.3 is 4.90 Å². The van der Waals surface area contributed by atoms with Crippen molar-refractivity contribution in [3.8, 4) is 0 Å². The van der Waals surface area contributed by atoms with Gasteiger partial charge in [0.05, 0.1) is 11.0 Å². The summed E-state index contributed by atoms with van der Waals surface area (Å²) in [6.07, 6.45) is 2.72. The quantitative estimate of drug-likeness (QED) is 0.803. The van der Waals surface area contributed by atoms with E-state index in [9.17, 15) is 14.4 Å². The molecule has 3 heterocycles. The number of carbonyl (C=O) groups is 2. The van der Waals surface area contributed by atoms with Crippen molar-refractivity contribution in [2.24, 2.45) is 13.0 Å². The summed E-state index contributed by atoms with van der Waals surface area (Å²) >= 11 is 0. The first kappa shape index (κ1) is 18.0. The van der Waals surface area contributed by atoms with Crippen LogP contribution in [0, 0.1) is 5.92 Å². The van der Waals surface area contributed by atoms with Crippen LogP contribution in [0.1, 0.15) is 37.8 Å². The van der Waals surface area contributed by atoms with Gasteiger partial charge in [0.2, 0.25) is 11.8 Å². The SMILES string of the molecule is CCC1CN(CCc2cccc3c2n(C)c(=O)n3C2CCC(=O)NC2=O)C1. The number of imide groups is 1. The largest absolute Gasteiger partial charge is 0.329 e. The number of hydrogen-bond donors (Lipinski definition) is 1. The van der Waals surface area contributed by atoms with E-state index in [4.69, 9.17) is 0 Å². The number of amides is 2. The highest BCUT2D eigenvalue weighted by molar-refractivity contribution is 6.00. The van der Waals surface area contributed by atoms with Gasteiger partial charge in [-0.15, -0.1) is 0 Å². The Bertz CT molecular complexity index is 952. The molecule has 2 aliphatic heterocycles. The number of piperidine rings is 1. The highest BCUT2D eigenvalue weighted by atomic mass is 16.2. The molecule has 2 aromatic rings. The molecule has 7 nitrogen and oxygen atoms in total. The molecule has 0 saturated carbocycles. The van der Waals surface area contributed by atoms with Crippen molar-refractivity contribution < 1.29 is 9.59 Å². The minimum Gasteiger partial charge on any atom is -0.302 e. The molecule has 1 unspecified atom stereocenters. The van der Waals surface area contributed by atoms with Crippen molar-refractivity contribution in [1.82, 2.24) is 19.4 Å². The number of nitrogens with zero attached hydrogens (tertiary/aromatic N) is 3. The van der Waals surface area contributed by atoms with E-state index in [0.717, 1.165) is 48.6 Å². The highest BCUT2D eigenvalue weighted by Gasteiger charge is 2.31. The Kier molecular flexibility index (Phi) is 4.63. The number of rotatable bonds is 5. The number of hydrogen-bond acceptors (Lipinski definition) is 4. The Morgan fingerprint density at radius 3 is 2.67 bits per heavy atom. The maximum atomic E-state index is 12.9. The number of aromatic nitrogens is 2. The monoisotopic (exact) mass is 370 g/mol. The number of likely N-dealkylation sites (tertiary alicyclic amines) is 1. The van der Waals surface area contributed by atoms with Gasteiger partial charge in [-0.25, -0.2) is 4.79 Å². The summed E-state index contributed by atoms with van der Waals surface area (Å²) in [6, 6.07) is 5.27. The van der Waals surface area contributed by atoms with Gasteiger partial charge >= 0.3 is 5.69 Å². The predicted molar refractivity (Wildman–Crippen MR) is 103 cm³/mol. The molecule has 1 atom stereocenters. The zero-order valence-electron chi connectivity index (χ0n) is 15.9. The van der Waals surface area contributed by atoms with E-state index < -0.39 is 11.9 Å². The van der Waals surface area contributed by atoms with E-state index in [-0.39, 0.29) is 18.0 Å².